The molecule has 0 radical (unpaired) electrons. The molecule has 3 aliphatic heterocycles. The average Bonchev–Trinajstić information content (AvgIpc) is 3.64. The molecule has 45 heavy (non-hydrogen) atoms. The Balaban J connectivity index is 1.42. The van der Waals surface area contributed by atoms with Crippen LogP contribution in [-0.4, -0.2) is 102 Å². The predicted octanol–water partition coefficient (Wildman–Crippen LogP) is 4.78. The molecule has 0 unspecified atom stereocenters. The lowest BCUT2D eigenvalue weighted by atomic mass is 9.95. The third-order valence-electron chi connectivity index (χ3n) is 8.65. The Kier molecular flexibility index (Phi) is 7.65. The quantitative estimate of drug-likeness (QED) is 0.303. The van der Waals surface area contributed by atoms with Gasteiger partial charge in [0.2, 0.25) is 0 Å². The van der Waals surface area contributed by atoms with Crippen molar-refractivity contribution in [3.8, 4) is 17.3 Å². The van der Waals surface area contributed by atoms with Gasteiger partial charge in [-0.3, -0.25) is 10.1 Å². The van der Waals surface area contributed by atoms with E-state index in [9.17, 15) is 4.79 Å². The van der Waals surface area contributed by atoms with E-state index in [0.29, 0.717) is 70.9 Å². The minimum absolute atomic E-state index is 0.00346. The number of aromatic amines is 1. The molecule has 6 heterocycles. The van der Waals surface area contributed by atoms with E-state index >= 15 is 4.39 Å². The van der Waals surface area contributed by atoms with Crippen LogP contribution in [0.15, 0.2) is 18.5 Å². The highest BCUT2D eigenvalue weighted by atomic mass is 35.5. The molecule has 0 amide bonds. The van der Waals surface area contributed by atoms with Gasteiger partial charge in [0, 0.05) is 40.7 Å². The molecular formula is C31H35ClFN7O5. The smallest absolute Gasteiger partial charge is 0.463 e. The summed E-state index contributed by atoms with van der Waals surface area (Å²) in [5.74, 6) is -0.212. The fourth-order valence-corrected chi connectivity index (χ4v) is 6.70. The number of ether oxygens (including phenoxy) is 4. The summed E-state index contributed by atoms with van der Waals surface area (Å²) in [6.07, 6.45) is 5.27. The Hall–Kier alpha value is -3.81. The zero-order valence-corrected chi connectivity index (χ0v) is 26.2. The van der Waals surface area contributed by atoms with Crippen LogP contribution in [0.5, 0.6) is 6.01 Å². The van der Waals surface area contributed by atoms with Crippen molar-refractivity contribution in [2.75, 3.05) is 65.1 Å². The van der Waals surface area contributed by atoms with Crippen molar-refractivity contribution >= 4 is 45.4 Å². The van der Waals surface area contributed by atoms with Crippen LogP contribution in [0.4, 0.5) is 15.0 Å². The number of H-pyrrole nitrogens is 1. The van der Waals surface area contributed by atoms with Crippen LogP contribution in [0.3, 0.4) is 0 Å². The molecule has 12 nitrogen and oxygen atoms in total. The van der Waals surface area contributed by atoms with Gasteiger partial charge in [0.1, 0.15) is 17.0 Å². The van der Waals surface area contributed by atoms with Gasteiger partial charge in [0.25, 0.3) is 0 Å². The third-order valence-corrected chi connectivity index (χ3v) is 8.99. The largest absolute Gasteiger partial charge is 0.508 e. The summed E-state index contributed by atoms with van der Waals surface area (Å²) in [5, 5.41) is 8.57. The molecule has 4 aliphatic rings. The first-order valence-electron chi connectivity index (χ1n) is 15.1. The number of hydrogen-bond acceptors (Lipinski definition) is 11. The first-order valence-corrected chi connectivity index (χ1v) is 15.5. The van der Waals surface area contributed by atoms with Gasteiger partial charge in [-0.25, -0.2) is 9.18 Å². The van der Waals surface area contributed by atoms with Crippen LogP contribution in [0.25, 0.3) is 33.1 Å². The summed E-state index contributed by atoms with van der Waals surface area (Å²) in [6, 6.07) is 1.81. The van der Waals surface area contributed by atoms with Gasteiger partial charge in [-0.2, -0.15) is 15.1 Å². The fourth-order valence-electron chi connectivity index (χ4n) is 6.40. The monoisotopic (exact) mass is 639 g/mol. The number of carbonyl (C=O) groups is 1. The van der Waals surface area contributed by atoms with E-state index in [1.54, 1.807) is 25.4 Å². The summed E-state index contributed by atoms with van der Waals surface area (Å²) in [7, 11) is 4.07. The first kappa shape index (κ1) is 29.9. The highest BCUT2D eigenvalue weighted by Gasteiger charge is 2.44. The van der Waals surface area contributed by atoms with Gasteiger partial charge in [0.15, 0.2) is 11.4 Å². The van der Waals surface area contributed by atoms with Gasteiger partial charge in [-0.1, -0.05) is 11.6 Å². The van der Waals surface area contributed by atoms with E-state index in [-0.39, 0.29) is 42.4 Å². The maximum Gasteiger partial charge on any atom is 0.508 e. The Labute approximate surface area is 264 Å². The van der Waals surface area contributed by atoms with E-state index in [2.05, 4.69) is 25.1 Å². The molecule has 238 valence electrons. The molecule has 0 spiro atoms. The highest BCUT2D eigenvalue weighted by Crippen LogP contribution is 2.46. The Morgan fingerprint density at radius 1 is 1.20 bits per heavy atom. The maximum absolute atomic E-state index is 16.9. The topological polar surface area (TPSA) is 128 Å². The zero-order chi connectivity index (χ0) is 31.3. The SMILES string of the molecule is CN(C)CC1(COc2nc3c4cnc(c(F)c4n2)-c2c(c(Cl)cc4[nH]ncc24)CCCOC(=O)O[C@@]2(C)COCCN3C2)CC1. The van der Waals surface area contributed by atoms with E-state index in [4.69, 9.17) is 35.5 Å². The number of nitrogens with one attached hydrogen (secondary N) is 1. The highest BCUT2D eigenvalue weighted by molar-refractivity contribution is 6.33. The Bertz CT molecular complexity index is 1780. The van der Waals surface area contributed by atoms with Crippen LogP contribution in [0.2, 0.25) is 5.02 Å². The van der Waals surface area contributed by atoms with Crippen molar-refractivity contribution in [1.29, 1.82) is 0 Å². The van der Waals surface area contributed by atoms with Crippen molar-refractivity contribution < 1.29 is 28.1 Å². The number of carbonyl (C=O) groups excluding carboxylic acids is 1. The second kappa shape index (κ2) is 11.5. The number of nitrogens with zero attached hydrogens (tertiary/aromatic N) is 6. The molecule has 1 saturated heterocycles. The summed E-state index contributed by atoms with van der Waals surface area (Å²) in [4.78, 5) is 30.9. The van der Waals surface area contributed by atoms with Gasteiger partial charge < -0.3 is 28.7 Å². The first-order chi connectivity index (χ1) is 21.6. The number of aromatic nitrogens is 5. The summed E-state index contributed by atoms with van der Waals surface area (Å²) < 4.78 is 40.3. The summed E-state index contributed by atoms with van der Waals surface area (Å²) in [6.45, 7) is 4.22. The van der Waals surface area contributed by atoms with Gasteiger partial charge >= 0.3 is 12.2 Å². The van der Waals surface area contributed by atoms with Crippen molar-refractivity contribution in [2.45, 2.75) is 38.2 Å². The molecule has 6 bridgehead atoms. The van der Waals surface area contributed by atoms with Crippen molar-refractivity contribution in [3.63, 3.8) is 0 Å². The van der Waals surface area contributed by atoms with Gasteiger partial charge in [0.05, 0.1) is 50.1 Å². The van der Waals surface area contributed by atoms with Crippen LogP contribution >= 0.6 is 11.6 Å². The predicted molar refractivity (Wildman–Crippen MR) is 165 cm³/mol. The maximum atomic E-state index is 16.9. The third kappa shape index (κ3) is 5.84. The molecule has 1 saturated carbocycles. The van der Waals surface area contributed by atoms with Crippen molar-refractivity contribution in [3.05, 3.63) is 34.9 Å². The summed E-state index contributed by atoms with van der Waals surface area (Å²) in [5.41, 5.74) is 0.889. The molecule has 1 aliphatic carbocycles. The number of fused-ring (bicyclic) bond motifs is 7. The van der Waals surface area contributed by atoms with E-state index < -0.39 is 17.6 Å². The number of benzene rings is 1. The standard InChI is InChI=1S/C31H35ClFN7O5/c1-30-14-40(8-10-42-16-30)27-20-12-34-26(24(33)25(20)36-28(37-27)44-17-31(6-7-31)15-39(2)3)23-18(5-4-9-43-29(41)45-30)21(32)11-22-19(23)13-35-38-22/h11-13H,4-10,14-17H2,1-3H3,(H,35,38)/t30-/m1/s1. The van der Waals surface area contributed by atoms with Crippen LogP contribution in [0.1, 0.15) is 31.7 Å². The molecule has 1 N–H and O–H groups in total. The molecule has 4 aromatic rings. The van der Waals surface area contributed by atoms with Crippen molar-refractivity contribution in [1.82, 2.24) is 30.0 Å². The lowest BCUT2D eigenvalue weighted by molar-refractivity contribution is -0.0575. The minimum Gasteiger partial charge on any atom is -0.463 e. The molecule has 8 rings (SSSR count). The molecule has 2 fully saturated rings. The Morgan fingerprint density at radius 3 is 2.84 bits per heavy atom. The van der Waals surface area contributed by atoms with Crippen molar-refractivity contribution in [2.24, 2.45) is 5.41 Å². The number of pyridine rings is 1. The molecule has 14 heteroatoms. The normalized spacial score (nSPS) is 21.6. The fraction of sp³-hybridized carbons (Fsp3) is 0.516. The number of anilines is 1. The minimum atomic E-state index is -1.07. The van der Waals surface area contributed by atoms with Crippen LogP contribution in [0, 0.1) is 11.2 Å². The van der Waals surface area contributed by atoms with E-state index in [1.165, 1.54) is 0 Å². The Morgan fingerprint density at radius 2 is 2.04 bits per heavy atom. The zero-order valence-electron chi connectivity index (χ0n) is 25.5. The van der Waals surface area contributed by atoms with Gasteiger partial charge in [-0.05, 0) is 58.3 Å². The van der Waals surface area contributed by atoms with E-state index in [0.717, 1.165) is 19.4 Å². The number of halogens is 2. The lowest BCUT2D eigenvalue weighted by Gasteiger charge is -2.32. The van der Waals surface area contributed by atoms with Crippen LogP contribution in [-0.2, 0) is 20.6 Å². The lowest BCUT2D eigenvalue weighted by Crippen LogP contribution is -2.46. The van der Waals surface area contributed by atoms with Crippen LogP contribution < -0.4 is 9.64 Å². The molecule has 3 aromatic heterocycles. The average molecular weight is 640 g/mol. The second-order valence-corrected chi connectivity index (χ2v) is 13.2. The van der Waals surface area contributed by atoms with Gasteiger partial charge in [-0.15, -0.1) is 0 Å². The molecule has 1 atom stereocenters. The second-order valence-electron chi connectivity index (χ2n) is 12.8. The van der Waals surface area contributed by atoms with E-state index in [1.807, 2.05) is 19.0 Å². The molecular weight excluding hydrogens is 605 g/mol. The number of hydrogen-bond donors (Lipinski definition) is 1. The molecule has 1 aromatic carbocycles. The number of rotatable bonds is 5. The summed E-state index contributed by atoms with van der Waals surface area (Å²) >= 11 is 6.76.